The highest BCUT2D eigenvalue weighted by molar-refractivity contribution is 5.85. The van der Waals surface area contributed by atoms with E-state index in [2.05, 4.69) is 34.3 Å². The van der Waals surface area contributed by atoms with Crippen molar-refractivity contribution in [3.63, 3.8) is 0 Å². The number of fused-ring (bicyclic) bond motifs is 2. The van der Waals surface area contributed by atoms with E-state index in [1.165, 1.54) is 5.56 Å². The molecule has 0 spiro atoms. The van der Waals surface area contributed by atoms with Gasteiger partial charge in [0.2, 0.25) is 0 Å². The molecule has 1 saturated carbocycles. The molecular weight excluding hydrogens is 391 g/mol. The maximum absolute atomic E-state index is 14.1. The second-order valence-electron chi connectivity index (χ2n) is 8.97. The average Bonchev–Trinajstić information content (AvgIpc) is 3.39. The van der Waals surface area contributed by atoms with Gasteiger partial charge in [-0.05, 0) is 67.5 Å². The Hall–Kier alpha value is -2.90. The Morgan fingerprint density at radius 2 is 1.97 bits per heavy atom. The van der Waals surface area contributed by atoms with Gasteiger partial charge in [-0.25, -0.2) is 9.37 Å². The Morgan fingerprint density at radius 3 is 2.74 bits per heavy atom. The van der Waals surface area contributed by atoms with Gasteiger partial charge in [0.05, 0.1) is 5.52 Å². The lowest BCUT2D eigenvalue weighted by Gasteiger charge is -2.24. The van der Waals surface area contributed by atoms with Gasteiger partial charge in [0.1, 0.15) is 11.5 Å². The van der Waals surface area contributed by atoms with Gasteiger partial charge in [-0.2, -0.15) is 0 Å². The van der Waals surface area contributed by atoms with Crippen LogP contribution < -0.4 is 5.73 Å². The number of rotatable bonds is 4. The van der Waals surface area contributed by atoms with Gasteiger partial charge in [0, 0.05) is 36.8 Å². The molecule has 0 unspecified atom stereocenters. The van der Waals surface area contributed by atoms with Crippen LogP contribution in [0.15, 0.2) is 42.6 Å². The summed E-state index contributed by atoms with van der Waals surface area (Å²) in [5.41, 5.74) is 10.7. The van der Waals surface area contributed by atoms with Crippen LogP contribution in [0.2, 0.25) is 0 Å². The van der Waals surface area contributed by atoms with Crippen molar-refractivity contribution in [2.45, 2.75) is 44.2 Å². The predicted octanol–water partition coefficient (Wildman–Crippen LogP) is 4.06. The number of pyridine rings is 2. The third kappa shape index (κ3) is 3.28. The highest BCUT2D eigenvalue weighted by Gasteiger charge is 2.27. The van der Waals surface area contributed by atoms with Gasteiger partial charge in [0.25, 0.3) is 0 Å². The Labute approximate surface area is 179 Å². The van der Waals surface area contributed by atoms with Crippen LogP contribution in [0.4, 0.5) is 4.39 Å². The van der Waals surface area contributed by atoms with E-state index < -0.39 is 0 Å². The molecule has 2 fully saturated rings. The third-order valence-electron chi connectivity index (χ3n) is 6.74. The summed E-state index contributed by atoms with van der Waals surface area (Å²) in [6, 6.07) is 11.7. The van der Waals surface area contributed by atoms with Crippen LogP contribution in [0, 0.1) is 5.82 Å². The van der Waals surface area contributed by atoms with Crippen molar-refractivity contribution in [1.29, 1.82) is 0 Å². The van der Waals surface area contributed by atoms with Gasteiger partial charge in [-0.3, -0.25) is 9.30 Å². The molecule has 2 aliphatic rings. The summed E-state index contributed by atoms with van der Waals surface area (Å²) in [5.74, 6) is 0.919. The molecule has 1 saturated heterocycles. The molecule has 1 aliphatic carbocycles. The lowest BCUT2D eigenvalue weighted by molar-refractivity contribution is 0.259. The molecule has 2 atom stereocenters. The monoisotopic (exact) mass is 416 g/mol. The van der Waals surface area contributed by atoms with Crippen LogP contribution in [0.25, 0.3) is 28.1 Å². The molecule has 4 heterocycles. The summed E-state index contributed by atoms with van der Waals surface area (Å²) in [6.45, 7) is 4.15. The molecule has 0 radical (unpaired) electrons. The van der Waals surface area contributed by atoms with E-state index >= 15 is 0 Å². The Kier molecular flexibility index (Phi) is 4.30. The molecule has 7 heteroatoms. The molecule has 0 amide bonds. The van der Waals surface area contributed by atoms with E-state index in [1.54, 1.807) is 12.1 Å². The predicted molar refractivity (Wildman–Crippen MR) is 118 cm³/mol. The quantitative estimate of drug-likeness (QED) is 0.543. The minimum absolute atomic E-state index is 0.197. The van der Waals surface area contributed by atoms with E-state index in [0.717, 1.165) is 60.2 Å². The molecule has 4 aromatic rings. The average molecular weight is 417 g/mol. The zero-order valence-corrected chi connectivity index (χ0v) is 17.5. The lowest BCUT2D eigenvalue weighted by Crippen LogP contribution is -2.28. The van der Waals surface area contributed by atoms with Gasteiger partial charge < -0.3 is 5.73 Å². The van der Waals surface area contributed by atoms with Crippen molar-refractivity contribution < 1.29 is 4.39 Å². The van der Waals surface area contributed by atoms with Crippen molar-refractivity contribution >= 4 is 16.6 Å². The topological polar surface area (TPSA) is 72.3 Å². The fourth-order valence-corrected chi connectivity index (χ4v) is 4.76. The number of nitrogens with two attached hydrogens (primary N) is 1. The third-order valence-corrected chi connectivity index (χ3v) is 6.74. The second-order valence-corrected chi connectivity index (χ2v) is 8.97. The number of likely N-dealkylation sites (tertiary alicyclic amines) is 1. The summed E-state index contributed by atoms with van der Waals surface area (Å²) in [6.07, 6.45) is 5.34. The second kappa shape index (κ2) is 7.07. The number of nitrogens with zero attached hydrogens (tertiary/aromatic N) is 5. The fraction of sp³-hybridized carbons (Fsp3) is 0.375. The maximum atomic E-state index is 14.1. The van der Waals surface area contributed by atoms with E-state index in [1.807, 2.05) is 22.6 Å². The van der Waals surface area contributed by atoms with E-state index in [-0.39, 0.29) is 17.9 Å². The summed E-state index contributed by atoms with van der Waals surface area (Å²) >= 11 is 0. The standard InChI is InChI=1S/C24H25FN6/c1-14(30-9-8-19(26)13-30)17-5-7-22-28-29-24(31(22)12-17)21-6-4-16-10-18(25)11-20(15-2-3-15)23(16)27-21/h4-7,10-12,14-15,19H,2-3,8-9,13,26H2,1H3/t14-,19-/m0/s1. The van der Waals surface area contributed by atoms with Crippen molar-refractivity contribution in [1.82, 2.24) is 24.5 Å². The molecule has 158 valence electrons. The molecule has 3 aromatic heterocycles. The first-order valence-electron chi connectivity index (χ1n) is 11.0. The van der Waals surface area contributed by atoms with E-state index in [9.17, 15) is 4.39 Å². The SMILES string of the molecule is C[C@@H](c1ccc2nnc(-c3ccc4cc(F)cc(C5CC5)c4n3)n2c1)N1CC[C@H](N)C1. The fourth-order valence-electron chi connectivity index (χ4n) is 4.76. The summed E-state index contributed by atoms with van der Waals surface area (Å²) < 4.78 is 16.1. The zero-order valence-electron chi connectivity index (χ0n) is 17.5. The van der Waals surface area contributed by atoms with Crippen LogP contribution in [-0.4, -0.2) is 43.6 Å². The zero-order chi connectivity index (χ0) is 21.1. The van der Waals surface area contributed by atoms with Crippen molar-refractivity contribution in [2.75, 3.05) is 13.1 Å². The van der Waals surface area contributed by atoms with E-state index in [0.29, 0.717) is 11.7 Å². The van der Waals surface area contributed by atoms with Crippen LogP contribution in [-0.2, 0) is 0 Å². The van der Waals surface area contributed by atoms with Gasteiger partial charge in [0.15, 0.2) is 11.5 Å². The van der Waals surface area contributed by atoms with Gasteiger partial charge in [-0.15, -0.1) is 10.2 Å². The molecule has 6 rings (SSSR count). The smallest absolute Gasteiger partial charge is 0.187 e. The van der Waals surface area contributed by atoms with Crippen molar-refractivity contribution in [2.24, 2.45) is 5.73 Å². The summed E-state index contributed by atoms with van der Waals surface area (Å²) in [7, 11) is 0. The van der Waals surface area contributed by atoms with Crippen LogP contribution in [0.1, 0.15) is 49.3 Å². The van der Waals surface area contributed by atoms with Crippen LogP contribution in [0.3, 0.4) is 0 Å². The number of hydrogen-bond acceptors (Lipinski definition) is 5. The molecule has 1 aliphatic heterocycles. The van der Waals surface area contributed by atoms with Crippen LogP contribution in [0.5, 0.6) is 0 Å². The molecular formula is C24H25FN6. The van der Waals surface area contributed by atoms with E-state index in [4.69, 9.17) is 10.7 Å². The van der Waals surface area contributed by atoms with Crippen molar-refractivity contribution in [3.05, 3.63) is 59.5 Å². The number of benzene rings is 1. The Morgan fingerprint density at radius 1 is 1.10 bits per heavy atom. The number of hydrogen-bond donors (Lipinski definition) is 1. The van der Waals surface area contributed by atoms with Gasteiger partial charge >= 0.3 is 0 Å². The first-order chi connectivity index (χ1) is 15.1. The Bertz CT molecular complexity index is 1290. The van der Waals surface area contributed by atoms with Crippen LogP contribution >= 0.6 is 0 Å². The summed E-state index contributed by atoms with van der Waals surface area (Å²) in [4.78, 5) is 7.33. The molecule has 6 nitrogen and oxygen atoms in total. The number of aromatic nitrogens is 4. The van der Waals surface area contributed by atoms with Gasteiger partial charge in [-0.1, -0.05) is 12.1 Å². The number of halogens is 1. The lowest BCUT2D eigenvalue weighted by atomic mass is 10.0. The molecule has 1 aromatic carbocycles. The minimum atomic E-state index is -0.197. The van der Waals surface area contributed by atoms with Crippen molar-refractivity contribution in [3.8, 4) is 11.5 Å². The Balaban J connectivity index is 1.43. The maximum Gasteiger partial charge on any atom is 0.187 e. The summed E-state index contributed by atoms with van der Waals surface area (Å²) in [5, 5.41) is 9.61. The highest BCUT2D eigenvalue weighted by Crippen LogP contribution is 2.43. The molecule has 2 N–H and O–H groups in total. The first-order valence-corrected chi connectivity index (χ1v) is 11.0. The first kappa shape index (κ1) is 18.8. The highest BCUT2D eigenvalue weighted by atomic mass is 19.1. The minimum Gasteiger partial charge on any atom is -0.326 e. The molecule has 0 bridgehead atoms. The normalized spacial score (nSPS) is 20.7. The largest absolute Gasteiger partial charge is 0.326 e. The molecule has 31 heavy (non-hydrogen) atoms.